The molecule has 0 bridgehead atoms. The van der Waals surface area contributed by atoms with E-state index in [1.807, 2.05) is 26.0 Å². The van der Waals surface area contributed by atoms with Gasteiger partial charge < -0.3 is 0 Å². The minimum Gasteiger partial charge on any atom is -0.211 e. The van der Waals surface area contributed by atoms with Crippen LogP contribution in [0.2, 0.25) is 0 Å². The summed E-state index contributed by atoms with van der Waals surface area (Å²) in [4.78, 5) is 0. The Bertz CT molecular complexity index is 471. The lowest BCUT2D eigenvalue weighted by Gasteiger charge is -2.17. The predicted molar refractivity (Wildman–Crippen MR) is 70.1 cm³/mol. The average Bonchev–Trinajstić information content (AvgIpc) is 2.22. The number of halogens is 1. The molecule has 3 nitrogen and oxygen atoms in total. The molecule has 0 saturated heterocycles. The molecule has 5 heteroatoms. The third kappa shape index (κ3) is 3.30. The molecule has 0 aliphatic carbocycles. The van der Waals surface area contributed by atoms with Gasteiger partial charge in [-0.05, 0) is 25.0 Å². The highest BCUT2D eigenvalue weighted by molar-refractivity contribution is 9.10. The summed E-state index contributed by atoms with van der Waals surface area (Å²) in [6.07, 6.45) is 0. The van der Waals surface area contributed by atoms with Crippen molar-refractivity contribution in [3.05, 3.63) is 34.9 Å². The molecular formula is C11H16BrNO2S. The fourth-order valence-electron chi connectivity index (χ4n) is 1.44. The largest absolute Gasteiger partial charge is 0.224 e. The third-order valence-corrected chi connectivity index (χ3v) is 5.59. The molecular weight excluding hydrogens is 290 g/mol. The summed E-state index contributed by atoms with van der Waals surface area (Å²) >= 11 is 2.99. The molecule has 1 aromatic carbocycles. The fraction of sp³-hybridized carbons (Fsp3) is 0.455. The molecule has 0 N–H and O–H groups in total. The Morgan fingerprint density at radius 2 is 1.94 bits per heavy atom. The minimum absolute atomic E-state index is 0.0403. The smallest absolute Gasteiger partial charge is 0.211 e. The zero-order valence-electron chi connectivity index (χ0n) is 9.70. The first kappa shape index (κ1) is 13.7. The molecule has 0 saturated carbocycles. The van der Waals surface area contributed by atoms with Gasteiger partial charge in [-0.15, -0.1) is 0 Å². The molecule has 0 unspecified atom stereocenters. The van der Waals surface area contributed by atoms with Crippen molar-refractivity contribution in [2.75, 3.05) is 11.7 Å². The molecule has 0 fully saturated rings. The van der Waals surface area contributed by atoms with Crippen LogP contribution in [0.1, 0.15) is 16.7 Å². The van der Waals surface area contributed by atoms with Crippen molar-refractivity contribution in [3.63, 3.8) is 0 Å². The van der Waals surface area contributed by atoms with Gasteiger partial charge in [0.25, 0.3) is 0 Å². The van der Waals surface area contributed by atoms with Crippen LogP contribution in [-0.2, 0) is 16.6 Å². The van der Waals surface area contributed by atoms with Crippen molar-refractivity contribution in [1.29, 1.82) is 0 Å². The maximum Gasteiger partial charge on any atom is 0.224 e. The van der Waals surface area contributed by atoms with Gasteiger partial charge in [0.1, 0.15) is 4.66 Å². The second-order valence-electron chi connectivity index (χ2n) is 3.91. The standard InChI is InChI=1S/C11H16BrNO2S/c1-9-4-5-11(10(2)6-9)7-13(3)16(14,15)8-12/h4-6H,7-8H2,1-3H3. The molecule has 0 atom stereocenters. The van der Waals surface area contributed by atoms with Gasteiger partial charge >= 0.3 is 0 Å². The van der Waals surface area contributed by atoms with Crippen LogP contribution < -0.4 is 0 Å². The molecule has 1 aromatic rings. The van der Waals surface area contributed by atoms with Gasteiger partial charge in [-0.3, -0.25) is 0 Å². The molecule has 0 amide bonds. The minimum atomic E-state index is -3.17. The van der Waals surface area contributed by atoms with Crippen molar-refractivity contribution in [2.24, 2.45) is 0 Å². The van der Waals surface area contributed by atoms with E-state index in [0.717, 1.165) is 11.1 Å². The molecule has 90 valence electrons. The fourth-order valence-corrected chi connectivity index (χ4v) is 3.00. The first-order chi connectivity index (χ1) is 7.36. The number of rotatable bonds is 4. The molecule has 0 aliphatic heterocycles. The van der Waals surface area contributed by atoms with E-state index in [1.165, 1.54) is 9.87 Å². The highest BCUT2D eigenvalue weighted by Crippen LogP contribution is 2.14. The van der Waals surface area contributed by atoms with E-state index in [2.05, 4.69) is 22.0 Å². The third-order valence-electron chi connectivity index (χ3n) is 2.50. The molecule has 16 heavy (non-hydrogen) atoms. The molecule has 0 aromatic heterocycles. The normalized spacial score (nSPS) is 12.1. The van der Waals surface area contributed by atoms with E-state index < -0.39 is 10.0 Å². The van der Waals surface area contributed by atoms with Crippen LogP contribution in [-0.4, -0.2) is 24.4 Å². The van der Waals surface area contributed by atoms with Crippen LogP contribution >= 0.6 is 15.9 Å². The Hall–Kier alpha value is -0.390. The summed E-state index contributed by atoms with van der Waals surface area (Å²) in [5.74, 6) is 0. The predicted octanol–water partition coefficient (Wildman–Crippen LogP) is 2.42. The Morgan fingerprint density at radius 1 is 1.31 bits per heavy atom. The Balaban J connectivity index is 2.89. The summed E-state index contributed by atoms with van der Waals surface area (Å²) in [6.45, 7) is 4.44. The lowest BCUT2D eigenvalue weighted by molar-refractivity contribution is 0.470. The average molecular weight is 306 g/mol. The highest BCUT2D eigenvalue weighted by Gasteiger charge is 2.16. The van der Waals surface area contributed by atoms with E-state index in [0.29, 0.717) is 6.54 Å². The van der Waals surface area contributed by atoms with Gasteiger partial charge in [-0.1, -0.05) is 39.7 Å². The van der Waals surface area contributed by atoms with Gasteiger partial charge in [0.05, 0.1) is 0 Å². The van der Waals surface area contributed by atoms with E-state index in [1.54, 1.807) is 7.05 Å². The van der Waals surface area contributed by atoms with E-state index >= 15 is 0 Å². The first-order valence-corrected chi connectivity index (χ1v) is 7.66. The zero-order chi connectivity index (χ0) is 12.3. The van der Waals surface area contributed by atoms with Crippen LogP contribution in [0.3, 0.4) is 0 Å². The van der Waals surface area contributed by atoms with Gasteiger partial charge in [0.15, 0.2) is 0 Å². The number of benzene rings is 1. The van der Waals surface area contributed by atoms with Crippen molar-refractivity contribution < 1.29 is 8.42 Å². The molecule has 0 spiro atoms. The topological polar surface area (TPSA) is 37.4 Å². The summed E-state index contributed by atoms with van der Waals surface area (Å²) in [5, 5.41) is 0. The maximum atomic E-state index is 11.6. The Labute approximate surface area is 106 Å². The maximum absolute atomic E-state index is 11.6. The summed E-state index contributed by atoms with van der Waals surface area (Å²) < 4.78 is 24.4. The van der Waals surface area contributed by atoms with Crippen LogP contribution in [0, 0.1) is 13.8 Å². The van der Waals surface area contributed by atoms with E-state index in [-0.39, 0.29) is 4.66 Å². The van der Waals surface area contributed by atoms with Crippen LogP contribution in [0.4, 0.5) is 0 Å². The lowest BCUT2D eigenvalue weighted by atomic mass is 10.1. The summed E-state index contributed by atoms with van der Waals surface area (Å²) in [5.41, 5.74) is 3.35. The van der Waals surface area contributed by atoms with Gasteiger partial charge in [-0.25, -0.2) is 8.42 Å². The number of aryl methyl sites for hydroxylation is 2. The second-order valence-corrected chi connectivity index (χ2v) is 7.29. The van der Waals surface area contributed by atoms with Crippen molar-refractivity contribution in [1.82, 2.24) is 4.31 Å². The SMILES string of the molecule is Cc1ccc(CN(C)S(=O)(=O)CBr)c(C)c1. The Morgan fingerprint density at radius 3 is 2.44 bits per heavy atom. The number of hydrogen-bond donors (Lipinski definition) is 0. The van der Waals surface area contributed by atoms with Gasteiger partial charge in [0.2, 0.25) is 10.0 Å². The summed E-state index contributed by atoms with van der Waals surface area (Å²) in [6, 6.07) is 6.03. The van der Waals surface area contributed by atoms with Gasteiger partial charge in [-0.2, -0.15) is 4.31 Å². The zero-order valence-corrected chi connectivity index (χ0v) is 12.1. The molecule has 0 aliphatic rings. The Kier molecular flexibility index (Phi) is 4.52. The molecule has 1 rings (SSSR count). The lowest BCUT2D eigenvalue weighted by Crippen LogP contribution is -2.27. The number of hydrogen-bond acceptors (Lipinski definition) is 2. The number of sulfonamides is 1. The van der Waals surface area contributed by atoms with E-state index in [9.17, 15) is 8.42 Å². The van der Waals surface area contributed by atoms with E-state index in [4.69, 9.17) is 0 Å². The molecule has 0 heterocycles. The van der Waals surface area contributed by atoms with Crippen molar-refractivity contribution in [2.45, 2.75) is 20.4 Å². The molecule has 0 radical (unpaired) electrons. The second kappa shape index (κ2) is 5.29. The first-order valence-electron chi connectivity index (χ1n) is 4.93. The summed E-state index contributed by atoms with van der Waals surface area (Å²) in [7, 11) is -1.58. The van der Waals surface area contributed by atoms with Crippen molar-refractivity contribution in [3.8, 4) is 0 Å². The quantitative estimate of drug-likeness (QED) is 0.801. The van der Waals surface area contributed by atoms with Crippen LogP contribution in [0.25, 0.3) is 0 Å². The monoisotopic (exact) mass is 305 g/mol. The highest BCUT2D eigenvalue weighted by atomic mass is 79.9. The van der Waals surface area contributed by atoms with Gasteiger partial charge in [0, 0.05) is 13.6 Å². The number of alkyl halides is 1. The van der Waals surface area contributed by atoms with Crippen LogP contribution in [0.15, 0.2) is 18.2 Å². The number of nitrogens with zero attached hydrogens (tertiary/aromatic N) is 1. The van der Waals surface area contributed by atoms with Crippen molar-refractivity contribution >= 4 is 26.0 Å². The van der Waals surface area contributed by atoms with Crippen LogP contribution in [0.5, 0.6) is 0 Å².